The first-order valence-electron chi connectivity index (χ1n) is 6.41. The van der Waals surface area contributed by atoms with E-state index in [-0.39, 0.29) is 12.5 Å². The molecule has 6 heteroatoms. The van der Waals surface area contributed by atoms with Crippen LogP contribution in [0.3, 0.4) is 0 Å². The fourth-order valence-corrected chi connectivity index (χ4v) is 2.45. The number of ether oxygens (including phenoxy) is 1. The lowest BCUT2D eigenvalue weighted by Gasteiger charge is -2.21. The maximum absolute atomic E-state index is 12.2. The van der Waals surface area contributed by atoms with Crippen molar-refractivity contribution in [3.8, 4) is 5.75 Å². The van der Waals surface area contributed by atoms with E-state index >= 15 is 0 Å². The molecule has 1 saturated heterocycles. The summed E-state index contributed by atoms with van der Waals surface area (Å²) in [6, 6.07) is 7.22. The molecular weight excluding hydrogens is 326 g/mol. The molecule has 2 atom stereocenters. The first kappa shape index (κ1) is 14.8. The average molecular weight is 342 g/mol. The molecule has 0 radical (unpaired) electrons. The number of nitrogens with zero attached hydrogens (tertiary/aromatic N) is 1. The van der Waals surface area contributed by atoms with Crippen LogP contribution in [0.25, 0.3) is 0 Å². The second kappa shape index (κ2) is 6.26. The third-order valence-electron chi connectivity index (χ3n) is 3.32. The van der Waals surface area contributed by atoms with E-state index in [1.807, 2.05) is 12.1 Å². The summed E-state index contributed by atoms with van der Waals surface area (Å²) in [7, 11) is 0. The third-order valence-corrected chi connectivity index (χ3v) is 3.85. The Hall–Kier alpha value is -1.56. The number of carbonyl (C=O) groups is 2. The van der Waals surface area contributed by atoms with Crippen LogP contribution in [-0.4, -0.2) is 41.1 Å². The van der Waals surface area contributed by atoms with E-state index in [9.17, 15) is 9.59 Å². The largest absolute Gasteiger partial charge is 0.481 e. The topological polar surface area (TPSA) is 66.8 Å². The Bertz CT molecular complexity index is 502. The number of hydrogen-bond acceptors (Lipinski definition) is 3. The number of likely N-dealkylation sites (tertiary alicyclic amines) is 1. The zero-order valence-electron chi connectivity index (χ0n) is 11.1. The summed E-state index contributed by atoms with van der Waals surface area (Å²) in [5.41, 5.74) is 0. The Morgan fingerprint density at radius 3 is 2.60 bits per heavy atom. The van der Waals surface area contributed by atoms with E-state index in [0.29, 0.717) is 18.7 Å². The highest BCUT2D eigenvalue weighted by atomic mass is 79.9. The van der Waals surface area contributed by atoms with Gasteiger partial charge in [0.05, 0.1) is 5.92 Å². The van der Waals surface area contributed by atoms with Crippen LogP contribution in [0.2, 0.25) is 0 Å². The minimum Gasteiger partial charge on any atom is -0.481 e. The molecule has 0 unspecified atom stereocenters. The van der Waals surface area contributed by atoms with Gasteiger partial charge in [0, 0.05) is 17.6 Å². The lowest BCUT2D eigenvalue weighted by molar-refractivity contribution is -0.142. The van der Waals surface area contributed by atoms with Gasteiger partial charge in [-0.2, -0.15) is 0 Å². The van der Waals surface area contributed by atoms with Crippen LogP contribution in [-0.2, 0) is 9.59 Å². The highest BCUT2D eigenvalue weighted by molar-refractivity contribution is 9.10. The van der Waals surface area contributed by atoms with Crippen molar-refractivity contribution < 1.29 is 19.4 Å². The molecule has 1 N–H and O–H groups in total. The van der Waals surface area contributed by atoms with Gasteiger partial charge in [0.2, 0.25) is 0 Å². The summed E-state index contributed by atoms with van der Waals surface area (Å²) >= 11 is 3.33. The van der Waals surface area contributed by atoms with Crippen molar-refractivity contribution >= 4 is 27.8 Å². The van der Waals surface area contributed by atoms with Crippen LogP contribution in [0.5, 0.6) is 5.75 Å². The molecular formula is C14H16BrNO4. The molecule has 1 aliphatic heterocycles. The lowest BCUT2D eigenvalue weighted by Crippen LogP contribution is -2.39. The van der Waals surface area contributed by atoms with Crippen molar-refractivity contribution in [2.24, 2.45) is 5.92 Å². The summed E-state index contributed by atoms with van der Waals surface area (Å²) in [5, 5.41) is 8.94. The van der Waals surface area contributed by atoms with Crippen molar-refractivity contribution in [1.82, 2.24) is 4.90 Å². The van der Waals surface area contributed by atoms with E-state index in [1.54, 1.807) is 24.0 Å². The number of aliphatic carboxylic acids is 1. The molecule has 108 valence electrons. The molecule has 1 amide bonds. The van der Waals surface area contributed by atoms with Gasteiger partial charge >= 0.3 is 5.97 Å². The van der Waals surface area contributed by atoms with Crippen LogP contribution < -0.4 is 4.74 Å². The van der Waals surface area contributed by atoms with Crippen molar-refractivity contribution in [3.63, 3.8) is 0 Å². The molecule has 2 rings (SSSR count). The van der Waals surface area contributed by atoms with Crippen molar-refractivity contribution in [3.05, 3.63) is 28.7 Å². The van der Waals surface area contributed by atoms with Crippen LogP contribution in [0.4, 0.5) is 0 Å². The predicted molar refractivity (Wildman–Crippen MR) is 76.6 cm³/mol. The van der Waals surface area contributed by atoms with Gasteiger partial charge in [0.15, 0.2) is 6.10 Å². The van der Waals surface area contributed by atoms with Crippen LogP contribution in [0, 0.1) is 5.92 Å². The average Bonchev–Trinajstić information content (AvgIpc) is 2.90. The Morgan fingerprint density at radius 1 is 1.40 bits per heavy atom. The zero-order valence-corrected chi connectivity index (χ0v) is 12.7. The summed E-state index contributed by atoms with van der Waals surface area (Å²) in [5.74, 6) is -0.861. The van der Waals surface area contributed by atoms with Gasteiger partial charge in [0.25, 0.3) is 5.91 Å². The number of carboxylic acid groups (broad SMARTS) is 1. The quantitative estimate of drug-likeness (QED) is 0.911. The summed E-state index contributed by atoms with van der Waals surface area (Å²) < 4.78 is 6.52. The van der Waals surface area contributed by atoms with Gasteiger partial charge in [-0.15, -0.1) is 0 Å². The molecule has 0 bridgehead atoms. The molecule has 1 aromatic carbocycles. The van der Waals surface area contributed by atoms with Crippen LogP contribution >= 0.6 is 15.9 Å². The standard InChI is InChI=1S/C14H16BrNO4/c1-9(20-12-4-2-11(15)3-5-12)13(17)16-7-6-10(8-16)14(18)19/h2-5,9-10H,6-8H2,1H3,(H,18,19)/t9-,10-/m0/s1. The highest BCUT2D eigenvalue weighted by Crippen LogP contribution is 2.20. The number of rotatable bonds is 4. The fourth-order valence-electron chi connectivity index (χ4n) is 2.19. The first-order chi connectivity index (χ1) is 9.47. The van der Waals surface area contributed by atoms with Crippen molar-refractivity contribution in [1.29, 1.82) is 0 Å². The predicted octanol–water partition coefficient (Wildman–Crippen LogP) is 2.15. The number of carboxylic acids is 1. The second-order valence-corrected chi connectivity index (χ2v) is 5.74. The van der Waals surface area contributed by atoms with E-state index in [2.05, 4.69) is 15.9 Å². The molecule has 1 aromatic rings. The van der Waals surface area contributed by atoms with Crippen LogP contribution in [0.1, 0.15) is 13.3 Å². The Kier molecular flexibility index (Phi) is 4.65. The molecule has 0 aliphatic carbocycles. The number of carbonyl (C=O) groups excluding carboxylic acids is 1. The lowest BCUT2D eigenvalue weighted by atomic mass is 10.1. The third kappa shape index (κ3) is 3.50. The van der Waals surface area contributed by atoms with Gasteiger partial charge in [-0.1, -0.05) is 15.9 Å². The summed E-state index contributed by atoms with van der Waals surface area (Å²) in [6.45, 7) is 2.42. The van der Waals surface area contributed by atoms with Gasteiger partial charge in [-0.05, 0) is 37.6 Å². The monoisotopic (exact) mass is 341 g/mol. The zero-order chi connectivity index (χ0) is 14.7. The smallest absolute Gasteiger partial charge is 0.308 e. The Balaban J connectivity index is 1.92. The molecule has 0 aromatic heterocycles. The Morgan fingerprint density at radius 2 is 2.05 bits per heavy atom. The van der Waals surface area contributed by atoms with Gasteiger partial charge in [-0.25, -0.2) is 0 Å². The highest BCUT2D eigenvalue weighted by Gasteiger charge is 2.33. The van der Waals surface area contributed by atoms with E-state index < -0.39 is 18.0 Å². The van der Waals surface area contributed by atoms with E-state index in [1.165, 1.54) is 0 Å². The maximum Gasteiger partial charge on any atom is 0.308 e. The molecule has 5 nitrogen and oxygen atoms in total. The minimum atomic E-state index is -0.846. The van der Waals surface area contributed by atoms with Gasteiger partial charge in [-0.3, -0.25) is 9.59 Å². The molecule has 20 heavy (non-hydrogen) atoms. The molecule has 0 saturated carbocycles. The molecule has 1 fully saturated rings. The van der Waals surface area contributed by atoms with E-state index in [4.69, 9.17) is 9.84 Å². The van der Waals surface area contributed by atoms with Gasteiger partial charge < -0.3 is 14.7 Å². The van der Waals surface area contributed by atoms with Crippen LogP contribution in [0.15, 0.2) is 28.7 Å². The molecule has 1 aliphatic rings. The molecule has 1 heterocycles. The summed E-state index contributed by atoms with van der Waals surface area (Å²) in [4.78, 5) is 24.6. The molecule has 0 spiro atoms. The van der Waals surface area contributed by atoms with Crippen molar-refractivity contribution in [2.45, 2.75) is 19.4 Å². The number of halogens is 1. The van der Waals surface area contributed by atoms with Gasteiger partial charge in [0.1, 0.15) is 5.75 Å². The first-order valence-corrected chi connectivity index (χ1v) is 7.20. The normalized spacial score (nSPS) is 19.7. The summed E-state index contributed by atoms with van der Waals surface area (Å²) in [6.07, 6.45) is -0.116. The number of hydrogen-bond donors (Lipinski definition) is 1. The maximum atomic E-state index is 12.2. The second-order valence-electron chi connectivity index (χ2n) is 4.82. The SMILES string of the molecule is C[C@H](Oc1ccc(Br)cc1)C(=O)N1CC[C@H](C(=O)O)C1. The van der Waals surface area contributed by atoms with Crippen molar-refractivity contribution in [2.75, 3.05) is 13.1 Å². The fraction of sp³-hybridized carbons (Fsp3) is 0.429. The Labute approximate surface area is 125 Å². The number of amides is 1. The number of benzene rings is 1. The minimum absolute atomic E-state index is 0.170. The van der Waals surface area contributed by atoms with E-state index in [0.717, 1.165) is 4.47 Å².